The van der Waals surface area contributed by atoms with Crippen molar-refractivity contribution in [1.82, 2.24) is 15.5 Å². The van der Waals surface area contributed by atoms with Gasteiger partial charge in [-0.3, -0.25) is 14.5 Å². The molecular formula is C14H23N3O3. The lowest BCUT2D eigenvalue weighted by Crippen LogP contribution is -2.50. The smallest absolute Gasteiger partial charge is 0.325 e. The summed E-state index contributed by atoms with van der Waals surface area (Å²) in [4.78, 5) is 37.4. The van der Waals surface area contributed by atoms with Gasteiger partial charge in [0.05, 0.1) is 0 Å². The molecule has 4 amide bonds. The molecule has 6 heteroatoms. The van der Waals surface area contributed by atoms with Gasteiger partial charge < -0.3 is 10.6 Å². The minimum absolute atomic E-state index is 0.205. The third-order valence-corrected chi connectivity index (χ3v) is 3.77. The molecule has 1 aliphatic carbocycles. The topological polar surface area (TPSA) is 78.5 Å². The van der Waals surface area contributed by atoms with E-state index in [4.69, 9.17) is 0 Å². The Morgan fingerprint density at radius 2 is 1.85 bits per heavy atom. The van der Waals surface area contributed by atoms with Gasteiger partial charge in [-0.15, -0.1) is 0 Å². The van der Waals surface area contributed by atoms with E-state index in [-0.39, 0.29) is 23.9 Å². The van der Waals surface area contributed by atoms with E-state index in [1.54, 1.807) is 0 Å². The zero-order valence-electron chi connectivity index (χ0n) is 12.4. The highest BCUT2D eigenvalue weighted by atomic mass is 16.2. The lowest BCUT2D eigenvalue weighted by Gasteiger charge is -2.30. The number of nitrogens with zero attached hydrogens (tertiary/aromatic N) is 1. The Balaban J connectivity index is 2.04. The molecule has 2 aliphatic rings. The fourth-order valence-corrected chi connectivity index (χ4v) is 2.92. The first-order valence-corrected chi connectivity index (χ1v) is 7.19. The summed E-state index contributed by atoms with van der Waals surface area (Å²) in [6.07, 6.45) is 4.32. The Labute approximate surface area is 119 Å². The first kappa shape index (κ1) is 14.8. The number of nitrogens with one attached hydrogen (secondary N) is 2. The number of carbonyl (C=O) groups is 3. The fourth-order valence-electron chi connectivity index (χ4n) is 2.92. The van der Waals surface area contributed by atoms with E-state index in [2.05, 4.69) is 10.6 Å². The fraction of sp³-hybridized carbons (Fsp3) is 0.786. The Morgan fingerprint density at radius 3 is 2.40 bits per heavy atom. The molecule has 6 nitrogen and oxygen atoms in total. The maximum atomic E-state index is 12.5. The van der Waals surface area contributed by atoms with E-state index in [0.29, 0.717) is 12.8 Å². The number of hydrogen-bond acceptors (Lipinski definition) is 3. The van der Waals surface area contributed by atoms with Crippen molar-refractivity contribution in [3.8, 4) is 0 Å². The summed E-state index contributed by atoms with van der Waals surface area (Å²) in [6.45, 7) is 5.38. The van der Waals surface area contributed by atoms with Crippen molar-refractivity contribution in [2.75, 3.05) is 6.54 Å². The minimum Gasteiger partial charge on any atom is -0.350 e. The predicted molar refractivity (Wildman–Crippen MR) is 74.0 cm³/mol. The van der Waals surface area contributed by atoms with Crippen LogP contribution in [0, 0.1) is 0 Å². The number of urea groups is 1. The molecular weight excluding hydrogens is 258 g/mol. The normalized spacial score (nSPS) is 22.1. The standard InChI is InChI=1S/C14H23N3O3/c1-13(2,3)15-10(18)9-17-11(19)14(16-12(17)20)7-5-4-6-8-14/h4-9H2,1-3H3,(H,15,18)(H,16,20). The van der Waals surface area contributed by atoms with Gasteiger partial charge in [0.15, 0.2) is 0 Å². The average molecular weight is 281 g/mol. The van der Waals surface area contributed by atoms with Gasteiger partial charge in [-0.05, 0) is 33.6 Å². The molecule has 1 saturated carbocycles. The predicted octanol–water partition coefficient (Wildman–Crippen LogP) is 1.16. The van der Waals surface area contributed by atoms with E-state index < -0.39 is 11.6 Å². The van der Waals surface area contributed by atoms with E-state index in [1.165, 1.54) is 0 Å². The van der Waals surface area contributed by atoms with Crippen molar-refractivity contribution in [3.63, 3.8) is 0 Å². The summed E-state index contributed by atoms with van der Waals surface area (Å²) in [7, 11) is 0. The maximum absolute atomic E-state index is 12.5. The molecule has 0 aromatic carbocycles. The van der Waals surface area contributed by atoms with Gasteiger partial charge in [0.1, 0.15) is 12.1 Å². The first-order chi connectivity index (χ1) is 9.23. The van der Waals surface area contributed by atoms with Gasteiger partial charge >= 0.3 is 6.03 Å². The summed E-state index contributed by atoms with van der Waals surface area (Å²) < 4.78 is 0. The minimum atomic E-state index is -0.753. The van der Waals surface area contributed by atoms with E-state index in [0.717, 1.165) is 24.2 Å². The monoisotopic (exact) mass is 281 g/mol. The molecule has 0 aromatic heterocycles. The Kier molecular flexibility index (Phi) is 3.75. The zero-order chi connectivity index (χ0) is 15.0. The summed E-state index contributed by atoms with van der Waals surface area (Å²) in [6, 6.07) is -0.444. The van der Waals surface area contributed by atoms with Gasteiger partial charge in [-0.2, -0.15) is 0 Å². The molecule has 2 fully saturated rings. The molecule has 0 aromatic rings. The molecule has 1 aliphatic heterocycles. The van der Waals surface area contributed by atoms with Gasteiger partial charge in [-0.25, -0.2) is 4.79 Å². The van der Waals surface area contributed by atoms with Crippen molar-refractivity contribution >= 4 is 17.8 Å². The molecule has 0 bridgehead atoms. The summed E-state index contributed by atoms with van der Waals surface area (Å²) >= 11 is 0. The second-order valence-corrected chi connectivity index (χ2v) is 6.76. The van der Waals surface area contributed by atoms with Gasteiger partial charge in [0.2, 0.25) is 5.91 Å². The number of hydrogen-bond donors (Lipinski definition) is 2. The zero-order valence-corrected chi connectivity index (χ0v) is 12.4. The third kappa shape index (κ3) is 2.94. The Bertz CT molecular complexity index is 433. The SMILES string of the molecule is CC(C)(C)NC(=O)CN1C(=O)NC2(CCCCC2)C1=O. The van der Waals surface area contributed by atoms with Crippen LogP contribution in [-0.4, -0.2) is 40.4 Å². The average Bonchev–Trinajstić information content (AvgIpc) is 2.53. The van der Waals surface area contributed by atoms with Crippen molar-refractivity contribution in [2.24, 2.45) is 0 Å². The van der Waals surface area contributed by atoms with E-state index in [1.807, 2.05) is 20.8 Å². The lowest BCUT2D eigenvalue weighted by atomic mass is 9.82. The molecule has 0 atom stereocenters. The van der Waals surface area contributed by atoms with Gasteiger partial charge in [0, 0.05) is 5.54 Å². The maximum Gasteiger partial charge on any atom is 0.325 e. The van der Waals surface area contributed by atoms with Gasteiger partial charge in [0.25, 0.3) is 5.91 Å². The quantitative estimate of drug-likeness (QED) is 0.745. The molecule has 20 heavy (non-hydrogen) atoms. The van der Waals surface area contributed by atoms with Crippen LogP contribution in [0.3, 0.4) is 0 Å². The van der Waals surface area contributed by atoms with Crippen LogP contribution in [0.5, 0.6) is 0 Å². The van der Waals surface area contributed by atoms with Crippen LogP contribution in [0.4, 0.5) is 4.79 Å². The van der Waals surface area contributed by atoms with Crippen LogP contribution in [0.15, 0.2) is 0 Å². The van der Waals surface area contributed by atoms with Crippen LogP contribution in [0.25, 0.3) is 0 Å². The highest BCUT2D eigenvalue weighted by molar-refractivity contribution is 6.09. The second kappa shape index (κ2) is 5.07. The molecule has 1 spiro atoms. The van der Waals surface area contributed by atoms with Crippen molar-refractivity contribution < 1.29 is 14.4 Å². The number of imide groups is 1. The summed E-state index contributed by atoms with van der Waals surface area (Å²) in [5, 5.41) is 5.56. The highest BCUT2D eigenvalue weighted by Gasteiger charge is 2.51. The molecule has 1 saturated heterocycles. The number of amides is 4. The summed E-state index contributed by atoms with van der Waals surface area (Å²) in [5.41, 5.74) is -1.13. The number of carbonyl (C=O) groups excluding carboxylic acids is 3. The third-order valence-electron chi connectivity index (χ3n) is 3.77. The van der Waals surface area contributed by atoms with Crippen LogP contribution < -0.4 is 10.6 Å². The molecule has 2 N–H and O–H groups in total. The number of rotatable bonds is 2. The largest absolute Gasteiger partial charge is 0.350 e. The molecule has 1 heterocycles. The van der Waals surface area contributed by atoms with Crippen LogP contribution in [0.1, 0.15) is 52.9 Å². The Hall–Kier alpha value is -1.59. The van der Waals surface area contributed by atoms with Crippen molar-refractivity contribution in [1.29, 1.82) is 0 Å². The van der Waals surface area contributed by atoms with Crippen LogP contribution in [0.2, 0.25) is 0 Å². The lowest BCUT2D eigenvalue weighted by molar-refractivity contribution is -0.136. The van der Waals surface area contributed by atoms with Gasteiger partial charge in [-0.1, -0.05) is 19.3 Å². The van der Waals surface area contributed by atoms with Crippen molar-refractivity contribution in [3.05, 3.63) is 0 Å². The molecule has 0 unspecified atom stereocenters. The Morgan fingerprint density at radius 1 is 1.25 bits per heavy atom. The van der Waals surface area contributed by atoms with Crippen LogP contribution in [-0.2, 0) is 9.59 Å². The van der Waals surface area contributed by atoms with E-state index >= 15 is 0 Å². The highest BCUT2D eigenvalue weighted by Crippen LogP contribution is 2.33. The molecule has 0 radical (unpaired) electrons. The molecule has 112 valence electrons. The summed E-state index contributed by atoms with van der Waals surface area (Å²) in [5.74, 6) is -0.555. The second-order valence-electron chi connectivity index (χ2n) is 6.76. The van der Waals surface area contributed by atoms with Crippen molar-refractivity contribution in [2.45, 2.75) is 64.0 Å². The molecule has 2 rings (SSSR count). The van der Waals surface area contributed by atoms with E-state index in [9.17, 15) is 14.4 Å². The van der Waals surface area contributed by atoms with Crippen LogP contribution >= 0.6 is 0 Å². The first-order valence-electron chi connectivity index (χ1n) is 7.19.